The quantitative estimate of drug-likeness (QED) is 0.794. The van der Waals surface area contributed by atoms with E-state index >= 15 is 0 Å². The summed E-state index contributed by atoms with van der Waals surface area (Å²) in [4.78, 5) is 29.2. The second-order valence-electron chi connectivity index (χ2n) is 5.18. The SMILES string of the molecule is Cc1nc(=O)n(N2CCN(C)CC2)c(C)c1CC(=O)O. The first-order chi connectivity index (χ1) is 9.40. The maximum Gasteiger partial charge on any atom is 0.366 e. The standard InChI is InChI=1S/C13H20N4O3/c1-9-11(8-12(18)19)10(2)17(13(20)14-9)16-6-4-15(3)5-7-16/h4-8H2,1-3H3,(H,18,19). The molecule has 0 saturated carbocycles. The molecule has 1 aliphatic rings. The lowest BCUT2D eigenvalue weighted by atomic mass is 10.1. The predicted molar refractivity (Wildman–Crippen MR) is 74.8 cm³/mol. The normalized spacial score (nSPS) is 16.4. The van der Waals surface area contributed by atoms with E-state index in [-0.39, 0.29) is 12.1 Å². The highest BCUT2D eigenvalue weighted by molar-refractivity contribution is 5.70. The maximum atomic E-state index is 12.1. The highest BCUT2D eigenvalue weighted by Crippen LogP contribution is 2.11. The Morgan fingerprint density at radius 3 is 2.40 bits per heavy atom. The molecular weight excluding hydrogens is 260 g/mol. The van der Waals surface area contributed by atoms with Crippen LogP contribution in [0.25, 0.3) is 0 Å². The molecule has 1 N–H and O–H groups in total. The van der Waals surface area contributed by atoms with Gasteiger partial charge in [0, 0.05) is 43.1 Å². The summed E-state index contributed by atoms with van der Waals surface area (Å²) in [5.41, 5.74) is 1.46. The Balaban J connectivity index is 2.42. The van der Waals surface area contributed by atoms with Crippen LogP contribution in [-0.2, 0) is 11.2 Å². The zero-order valence-electron chi connectivity index (χ0n) is 12.1. The number of carboxylic acid groups (broad SMARTS) is 1. The van der Waals surface area contributed by atoms with Gasteiger partial charge in [0.25, 0.3) is 0 Å². The van der Waals surface area contributed by atoms with Crippen molar-refractivity contribution in [2.75, 3.05) is 38.2 Å². The maximum absolute atomic E-state index is 12.1. The molecule has 1 aliphatic heterocycles. The van der Waals surface area contributed by atoms with Crippen molar-refractivity contribution in [3.05, 3.63) is 27.4 Å². The van der Waals surface area contributed by atoms with Gasteiger partial charge in [0.15, 0.2) is 0 Å². The number of hydrogen-bond acceptors (Lipinski definition) is 5. The monoisotopic (exact) mass is 280 g/mol. The van der Waals surface area contributed by atoms with Crippen molar-refractivity contribution in [2.45, 2.75) is 20.3 Å². The molecule has 0 aromatic carbocycles. The number of likely N-dealkylation sites (N-methyl/N-ethyl adjacent to an activating group) is 1. The summed E-state index contributed by atoms with van der Waals surface area (Å²) in [5.74, 6) is -0.915. The molecule has 7 heteroatoms. The van der Waals surface area contributed by atoms with E-state index in [1.165, 1.54) is 4.68 Å². The minimum atomic E-state index is -0.915. The molecule has 0 amide bonds. The molecule has 2 heterocycles. The number of carbonyl (C=O) groups is 1. The van der Waals surface area contributed by atoms with Crippen LogP contribution in [0, 0.1) is 13.8 Å². The number of aliphatic carboxylic acids is 1. The van der Waals surface area contributed by atoms with Crippen molar-refractivity contribution in [2.24, 2.45) is 0 Å². The van der Waals surface area contributed by atoms with Crippen LogP contribution in [0.1, 0.15) is 17.0 Å². The second-order valence-corrected chi connectivity index (χ2v) is 5.18. The van der Waals surface area contributed by atoms with E-state index in [0.717, 1.165) is 26.2 Å². The van der Waals surface area contributed by atoms with Gasteiger partial charge in [-0.25, -0.2) is 9.47 Å². The van der Waals surface area contributed by atoms with Gasteiger partial charge in [-0.2, -0.15) is 4.98 Å². The predicted octanol–water partition coefficient (Wildman–Crippen LogP) is -0.629. The molecule has 1 fully saturated rings. The average molecular weight is 280 g/mol. The van der Waals surface area contributed by atoms with Crippen LogP contribution in [0.15, 0.2) is 4.79 Å². The molecule has 1 saturated heterocycles. The third-order valence-electron chi connectivity index (χ3n) is 3.73. The molecule has 110 valence electrons. The fraction of sp³-hybridized carbons (Fsp3) is 0.615. The van der Waals surface area contributed by atoms with E-state index in [1.54, 1.807) is 13.8 Å². The summed E-state index contributed by atoms with van der Waals surface area (Å²) in [6.45, 7) is 6.67. The van der Waals surface area contributed by atoms with Gasteiger partial charge in [0.1, 0.15) is 0 Å². The summed E-state index contributed by atoms with van der Waals surface area (Å²) in [5, 5.41) is 10.9. The van der Waals surface area contributed by atoms with Gasteiger partial charge in [-0.05, 0) is 20.9 Å². The van der Waals surface area contributed by atoms with E-state index in [2.05, 4.69) is 9.88 Å². The summed E-state index contributed by atoms with van der Waals surface area (Å²) < 4.78 is 1.53. The van der Waals surface area contributed by atoms with E-state index in [4.69, 9.17) is 5.11 Å². The average Bonchev–Trinajstić information content (AvgIpc) is 2.36. The zero-order valence-corrected chi connectivity index (χ0v) is 12.1. The Morgan fingerprint density at radius 1 is 1.25 bits per heavy atom. The number of aromatic nitrogens is 2. The van der Waals surface area contributed by atoms with Gasteiger partial charge in [0.05, 0.1) is 6.42 Å². The Morgan fingerprint density at radius 2 is 1.85 bits per heavy atom. The molecule has 0 bridgehead atoms. The second kappa shape index (κ2) is 5.62. The van der Waals surface area contributed by atoms with E-state index < -0.39 is 5.97 Å². The van der Waals surface area contributed by atoms with E-state index in [9.17, 15) is 9.59 Å². The zero-order chi connectivity index (χ0) is 14.9. The third kappa shape index (κ3) is 2.82. The Hall–Kier alpha value is -1.89. The molecule has 0 aliphatic carbocycles. The van der Waals surface area contributed by atoms with Crippen LogP contribution < -0.4 is 10.7 Å². The lowest BCUT2D eigenvalue weighted by molar-refractivity contribution is -0.136. The lowest BCUT2D eigenvalue weighted by Gasteiger charge is -2.35. The van der Waals surface area contributed by atoms with Gasteiger partial charge in [-0.3, -0.25) is 4.79 Å². The van der Waals surface area contributed by atoms with Crippen LogP contribution in [0.4, 0.5) is 0 Å². The highest BCUT2D eigenvalue weighted by atomic mass is 16.4. The summed E-state index contributed by atoms with van der Waals surface area (Å²) >= 11 is 0. The molecule has 1 aromatic rings. The first-order valence-electron chi connectivity index (χ1n) is 6.65. The number of rotatable bonds is 3. The van der Waals surface area contributed by atoms with Gasteiger partial charge in [-0.15, -0.1) is 0 Å². The molecule has 0 atom stereocenters. The van der Waals surface area contributed by atoms with Crippen LogP contribution >= 0.6 is 0 Å². The van der Waals surface area contributed by atoms with Crippen LogP contribution in [0.5, 0.6) is 0 Å². The van der Waals surface area contributed by atoms with Crippen molar-refractivity contribution in [1.82, 2.24) is 14.6 Å². The fourth-order valence-corrected chi connectivity index (χ4v) is 2.53. The van der Waals surface area contributed by atoms with Gasteiger partial charge < -0.3 is 15.0 Å². The van der Waals surface area contributed by atoms with E-state index in [0.29, 0.717) is 17.0 Å². The topological polar surface area (TPSA) is 78.7 Å². The summed E-state index contributed by atoms with van der Waals surface area (Å²) in [7, 11) is 2.04. The molecule has 7 nitrogen and oxygen atoms in total. The Labute approximate surface area is 117 Å². The van der Waals surface area contributed by atoms with Gasteiger partial charge in [-0.1, -0.05) is 0 Å². The van der Waals surface area contributed by atoms with Crippen molar-refractivity contribution in [3.8, 4) is 0 Å². The van der Waals surface area contributed by atoms with Gasteiger partial charge >= 0.3 is 11.7 Å². The third-order valence-corrected chi connectivity index (χ3v) is 3.73. The Bertz CT molecular complexity index is 574. The first kappa shape index (κ1) is 14.5. The number of hydrogen-bond donors (Lipinski definition) is 1. The van der Waals surface area contributed by atoms with E-state index in [1.807, 2.05) is 12.1 Å². The molecule has 20 heavy (non-hydrogen) atoms. The minimum absolute atomic E-state index is 0.112. The van der Waals surface area contributed by atoms with Crippen molar-refractivity contribution in [3.63, 3.8) is 0 Å². The van der Waals surface area contributed by atoms with Crippen LogP contribution in [0.3, 0.4) is 0 Å². The van der Waals surface area contributed by atoms with Gasteiger partial charge in [0.2, 0.25) is 0 Å². The largest absolute Gasteiger partial charge is 0.481 e. The lowest BCUT2D eigenvalue weighted by Crippen LogP contribution is -2.54. The minimum Gasteiger partial charge on any atom is -0.481 e. The molecule has 2 rings (SSSR count). The smallest absolute Gasteiger partial charge is 0.366 e. The molecule has 0 unspecified atom stereocenters. The van der Waals surface area contributed by atoms with Crippen molar-refractivity contribution >= 4 is 5.97 Å². The van der Waals surface area contributed by atoms with Crippen LogP contribution in [0.2, 0.25) is 0 Å². The number of nitrogens with zero attached hydrogens (tertiary/aromatic N) is 4. The molecule has 0 spiro atoms. The van der Waals surface area contributed by atoms with Crippen LogP contribution in [-0.4, -0.2) is 58.9 Å². The highest BCUT2D eigenvalue weighted by Gasteiger charge is 2.20. The summed E-state index contributed by atoms with van der Waals surface area (Å²) in [6.07, 6.45) is -0.112. The molecular formula is C13H20N4O3. The van der Waals surface area contributed by atoms with Crippen molar-refractivity contribution in [1.29, 1.82) is 0 Å². The number of piperazine rings is 1. The Kier molecular flexibility index (Phi) is 4.08. The first-order valence-corrected chi connectivity index (χ1v) is 6.65. The summed E-state index contributed by atoms with van der Waals surface area (Å²) in [6, 6.07) is 0. The molecule has 1 aromatic heterocycles. The number of carboxylic acids is 1. The fourth-order valence-electron chi connectivity index (χ4n) is 2.53. The molecule has 0 radical (unpaired) electrons. The van der Waals surface area contributed by atoms with Crippen molar-refractivity contribution < 1.29 is 9.90 Å². The number of aryl methyl sites for hydroxylation is 1.